The Kier molecular flexibility index (Phi) is 24.0. The molecule has 272 valence electrons. The van der Waals surface area contributed by atoms with Crippen LogP contribution in [0.4, 0.5) is 22.7 Å². The number of nitro benzene ring substituents is 1. The van der Waals surface area contributed by atoms with Crippen LogP contribution < -0.4 is 4.90 Å². The van der Waals surface area contributed by atoms with Crippen molar-refractivity contribution in [1.29, 1.82) is 0 Å². The number of carbonyl (C=O) groups excluding carboxylic acids is 1. The number of hydrogen-bond acceptors (Lipinski definition) is 8. The third kappa shape index (κ3) is 21.0. The fraction of sp³-hybridized carbons (Fsp3) is 0.585. The lowest BCUT2D eigenvalue weighted by molar-refractivity contribution is -0.384. The topological polar surface area (TPSA) is 118 Å². The fourth-order valence-electron chi connectivity index (χ4n) is 5.42. The number of non-ortho nitro benzene ring substituents is 1. The number of nitro groups is 1. The number of unbranched alkanes of at least 4 members (excludes halogenated alkanes) is 16. The van der Waals surface area contributed by atoms with Gasteiger partial charge in [0, 0.05) is 43.6 Å². The van der Waals surface area contributed by atoms with Crippen molar-refractivity contribution in [1.82, 2.24) is 0 Å². The Morgan fingerprint density at radius 2 is 1.20 bits per heavy atom. The van der Waals surface area contributed by atoms with E-state index in [0.29, 0.717) is 30.9 Å². The molecule has 0 heterocycles. The van der Waals surface area contributed by atoms with E-state index in [-0.39, 0.29) is 24.9 Å². The van der Waals surface area contributed by atoms with E-state index in [1.807, 2.05) is 17.0 Å². The molecule has 0 saturated heterocycles. The molecule has 0 spiro atoms. The molecule has 9 heteroatoms. The number of aliphatic hydroxyl groups is 1. The smallest absolute Gasteiger partial charge is 0.305 e. The van der Waals surface area contributed by atoms with Crippen LogP contribution in [0, 0.1) is 33.8 Å². The largest absolute Gasteiger partial charge is 0.464 e. The summed E-state index contributed by atoms with van der Waals surface area (Å²) in [6.07, 6.45) is 22.1. The van der Waals surface area contributed by atoms with Gasteiger partial charge in [0.05, 0.1) is 29.4 Å². The second-order valence-corrected chi connectivity index (χ2v) is 12.6. The van der Waals surface area contributed by atoms with Gasteiger partial charge in [0.1, 0.15) is 6.61 Å². The maximum Gasteiger partial charge on any atom is 0.305 e. The molecular weight excluding hydrogens is 628 g/mol. The zero-order valence-electron chi connectivity index (χ0n) is 30.3. The summed E-state index contributed by atoms with van der Waals surface area (Å²) in [5.41, 5.74) is 1.99. The van der Waals surface area contributed by atoms with Crippen molar-refractivity contribution < 1.29 is 19.6 Å². The van der Waals surface area contributed by atoms with Gasteiger partial charge in [0.25, 0.3) is 5.69 Å². The third-order valence-electron chi connectivity index (χ3n) is 8.38. The summed E-state index contributed by atoms with van der Waals surface area (Å²) in [7, 11) is 0. The third-order valence-corrected chi connectivity index (χ3v) is 8.38. The number of hydrogen-bond donors (Lipinski definition) is 1. The highest BCUT2D eigenvalue weighted by molar-refractivity contribution is 5.69. The van der Waals surface area contributed by atoms with Gasteiger partial charge >= 0.3 is 5.97 Å². The summed E-state index contributed by atoms with van der Waals surface area (Å²) in [6.45, 7) is 3.34. The molecule has 9 nitrogen and oxygen atoms in total. The molecule has 0 bridgehead atoms. The predicted molar refractivity (Wildman–Crippen MR) is 203 cm³/mol. The Hall–Kier alpha value is -4.21. The Balaban J connectivity index is 1.48. The molecule has 50 heavy (non-hydrogen) atoms. The zero-order valence-corrected chi connectivity index (χ0v) is 30.3. The van der Waals surface area contributed by atoms with Crippen LogP contribution in [-0.2, 0) is 9.53 Å². The average molecular weight is 687 g/mol. The molecule has 1 N–H and O–H groups in total. The summed E-state index contributed by atoms with van der Waals surface area (Å²) in [5.74, 6) is 12.2. The molecule has 0 saturated carbocycles. The number of azo groups is 1. The van der Waals surface area contributed by atoms with Gasteiger partial charge < -0.3 is 14.7 Å². The molecule has 0 aliphatic rings. The first-order valence-electron chi connectivity index (χ1n) is 18.8. The SMILES string of the molecule is CCCCCCCCCCCCC#CC#CCCCCCCCCC(=O)OCCN(CCO)c1ccc(N=Nc2ccc([N+](=O)[O-])cc2)cc1. The monoisotopic (exact) mass is 686 g/mol. The van der Waals surface area contributed by atoms with E-state index in [1.54, 1.807) is 12.1 Å². The molecule has 0 aliphatic heterocycles. The second-order valence-electron chi connectivity index (χ2n) is 12.6. The van der Waals surface area contributed by atoms with Crippen LogP contribution in [0.2, 0.25) is 0 Å². The number of carbonyl (C=O) groups is 1. The molecule has 0 atom stereocenters. The molecule has 0 aromatic heterocycles. The Morgan fingerprint density at radius 1 is 0.720 bits per heavy atom. The lowest BCUT2D eigenvalue weighted by Gasteiger charge is -2.23. The molecular formula is C41H58N4O5. The van der Waals surface area contributed by atoms with E-state index >= 15 is 0 Å². The maximum absolute atomic E-state index is 12.2. The fourth-order valence-corrected chi connectivity index (χ4v) is 5.42. The van der Waals surface area contributed by atoms with E-state index in [9.17, 15) is 20.0 Å². The van der Waals surface area contributed by atoms with Crippen molar-refractivity contribution in [3.8, 4) is 23.7 Å². The quantitative estimate of drug-likeness (QED) is 0.0249. The van der Waals surface area contributed by atoms with Crippen molar-refractivity contribution >= 4 is 28.7 Å². The van der Waals surface area contributed by atoms with E-state index in [4.69, 9.17) is 4.74 Å². The van der Waals surface area contributed by atoms with Gasteiger partial charge in [-0.3, -0.25) is 14.9 Å². The van der Waals surface area contributed by atoms with Crippen LogP contribution in [0.25, 0.3) is 0 Å². The number of rotatable bonds is 27. The molecule has 0 aliphatic carbocycles. The lowest BCUT2D eigenvalue weighted by Crippen LogP contribution is -2.30. The predicted octanol–water partition coefficient (Wildman–Crippen LogP) is 10.8. The van der Waals surface area contributed by atoms with Gasteiger partial charge in [-0.15, -0.1) is 0 Å². The van der Waals surface area contributed by atoms with E-state index < -0.39 is 4.92 Å². The number of nitrogens with zero attached hydrogens (tertiary/aromatic N) is 4. The summed E-state index contributed by atoms with van der Waals surface area (Å²) >= 11 is 0. The number of aliphatic hydroxyl groups excluding tert-OH is 1. The van der Waals surface area contributed by atoms with Crippen molar-refractivity contribution in [2.24, 2.45) is 10.2 Å². The molecule has 0 amide bonds. The Morgan fingerprint density at radius 3 is 1.70 bits per heavy atom. The minimum absolute atomic E-state index is 0.00236. The normalized spacial score (nSPS) is 10.7. The molecule has 0 fully saturated rings. The lowest BCUT2D eigenvalue weighted by atomic mass is 10.1. The molecule has 2 rings (SSSR count). The zero-order chi connectivity index (χ0) is 35.9. The summed E-state index contributed by atoms with van der Waals surface area (Å²) in [4.78, 5) is 24.5. The molecule has 0 unspecified atom stereocenters. The van der Waals surface area contributed by atoms with Crippen LogP contribution >= 0.6 is 0 Å². The minimum Gasteiger partial charge on any atom is -0.464 e. The van der Waals surface area contributed by atoms with Crippen LogP contribution in [0.1, 0.15) is 129 Å². The molecule has 2 aromatic rings. The van der Waals surface area contributed by atoms with Crippen molar-refractivity contribution in [2.75, 3.05) is 31.2 Å². The number of benzene rings is 2. The van der Waals surface area contributed by atoms with E-state index in [2.05, 4.69) is 40.8 Å². The Labute approximate surface area is 300 Å². The second kappa shape index (κ2) is 28.6. The van der Waals surface area contributed by atoms with Crippen LogP contribution in [0.3, 0.4) is 0 Å². The highest BCUT2D eigenvalue weighted by Gasteiger charge is 2.09. The molecule has 2 aromatic carbocycles. The summed E-state index contributed by atoms with van der Waals surface area (Å²) in [5, 5.41) is 28.6. The molecule has 0 radical (unpaired) electrons. The first-order chi connectivity index (χ1) is 24.5. The van der Waals surface area contributed by atoms with Crippen molar-refractivity contribution in [3.05, 3.63) is 58.6 Å². The summed E-state index contributed by atoms with van der Waals surface area (Å²) < 4.78 is 5.46. The first kappa shape index (κ1) is 42.0. The average Bonchev–Trinajstić information content (AvgIpc) is 3.13. The van der Waals surface area contributed by atoms with Gasteiger partial charge in [-0.1, -0.05) is 102 Å². The van der Waals surface area contributed by atoms with Gasteiger partial charge in [-0.2, -0.15) is 10.2 Å². The first-order valence-corrected chi connectivity index (χ1v) is 18.8. The standard InChI is InChI=1S/C41H58N4O5/c1-2-3-4-5-6-7-8-9-10-11-12-13-14-15-16-17-18-19-20-21-22-23-24-41(47)50-36-34-44(33-35-46)39-29-25-37(26-30-39)42-43-38-27-31-40(32-28-38)45(48)49/h25-32,46H,2-12,17-24,33-36H2,1H3. The van der Waals surface area contributed by atoms with E-state index in [0.717, 1.165) is 57.1 Å². The number of anilines is 1. The van der Waals surface area contributed by atoms with Gasteiger partial charge in [0.2, 0.25) is 0 Å². The van der Waals surface area contributed by atoms with Crippen molar-refractivity contribution in [3.63, 3.8) is 0 Å². The number of esters is 1. The van der Waals surface area contributed by atoms with Gasteiger partial charge in [-0.25, -0.2) is 0 Å². The highest BCUT2D eigenvalue weighted by Crippen LogP contribution is 2.24. The van der Waals surface area contributed by atoms with Gasteiger partial charge in [-0.05, 0) is 67.5 Å². The Bertz CT molecular complexity index is 1350. The number of ether oxygens (including phenoxy) is 1. The highest BCUT2D eigenvalue weighted by atomic mass is 16.6. The van der Waals surface area contributed by atoms with E-state index in [1.165, 1.54) is 88.5 Å². The summed E-state index contributed by atoms with van der Waals surface area (Å²) in [6, 6.07) is 13.2. The minimum atomic E-state index is -0.461. The van der Waals surface area contributed by atoms with Crippen molar-refractivity contribution in [2.45, 2.75) is 129 Å². The van der Waals surface area contributed by atoms with Crippen LogP contribution in [0.15, 0.2) is 58.8 Å². The van der Waals surface area contributed by atoms with Gasteiger partial charge in [0.15, 0.2) is 0 Å². The maximum atomic E-state index is 12.2. The van der Waals surface area contributed by atoms with Crippen LogP contribution in [0.5, 0.6) is 0 Å². The van der Waals surface area contributed by atoms with Crippen LogP contribution in [-0.4, -0.2) is 42.3 Å².